The first-order valence-electron chi connectivity index (χ1n) is 5.59. The van der Waals surface area contributed by atoms with Crippen molar-refractivity contribution in [3.8, 4) is 0 Å². The molecule has 0 spiro atoms. The molecule has 2 rings (SSSR count). The Bertz CT molecular complexity index is 473. The first-order chi connectivity index (χ1) is 8.33. The number of nitrogens with zero attached hydrogens (tertiary/aromatic N) is 1. The molecule has 2 saturated heterocycles. The lowest BCUT2D eigenvalue weighted by molar-refractivity contribution is -0.148. The quantitative estimate of drug-likeness (QED) is 0.492. The lowest BCUT2D eigenvalue weighted by atomic mass is 9.96. The highest BCUT2D eigenvalue weighted by Crippen LogP contribution is 2.36. The number of fused-ring (bicyclic) bond motifs is 1. The summed E-state index contributed by atoms with van der Waals surface area (Å²) in [6, 6.07) is -0.309. The lowest BCUT2D eigenvalue weighted by Crippen LogP contribution is -2.36. The van der Waals surface area contributed by atoms with Gasteiger partial charge in [-0.05, 0) is 6.42 Å². The van der Waals surface area contributed by atoms with Crippen LogP contribution in [0.4, 0.5) is 0 Å². The fourth-order valence-corrected chi connectivity index (χ4v) is 3.31. The van der Waals surface area contributed by atoms with Gasteiger partial charge in [-0.3, -0.25) is 13.8 Å². The number of esters is 1. The summed E-state index contributed by atoms with van der Waals surface area (Å²) in [5.74, 6) is -1.34. The van der Waals surface area contributed by atoms with Crippen LogP contribution >= 0.6 is 0 Å². The maximum atomic E-state index is 11.7. The molecule has 0 N–H and O–H groups in total. The van der Waals surface area contributed by atoms with Gasteiger partial charge in [-0.1, -0.05) is 0 Å². The smallest absolute Gasteiger partial charge is 0.313 e. The van der Waals surface area contributed by atoms with Crippen molar-refractivity contribution in [1.29, 1.82) is 0 Å². The molecule has 0 unspecified atom stereocenters. The minimum atomic E-state index is -3.68. The molecule has 0 bridgehead atoms. The summed E-state index contributed by atoms with van der Waals surface area (Å²) >= 11 is 0. The highest BCUT2D eigenvalue weighted by molar-refractivity contribution is 7.86. The molecule has 0 aromatic rings. The van der Waals surface area contributed by atoms with Crippen molar-refractivity contribution >= 4 is 22.0 Å². The van der Waals surface area contributed by atoms with Gasteiger partial charge in [0.15, 0.2) is 0 Å². The van der Waals surface area contributed by atoms with E-state index in [9.17, 15) is 18.0 Å². The summed E-state index contributed by atoms with van der Waals surface area (Å²) in [6.45, 7) is 0.121. The third kappa shape index (κ3) is 2.35. The zero-order valence-corrected chi connectivity index (χ0v) is 11.0. The third-order valence-corrected chi connectivity index (χ3v) is 3.93. The number of hydrogen-bond acceptors (Lipinski definition) is 6. The van der Waals surface area contributed by atoms with Crippen LogP contribution in [0.25, 0.3) is 0 Å². The first-order valence-corrected chi connectivity index (χ1v) is 7.40. The van der Waals surface area contributed by atoms with Crippen molar-refractivity contribution < 1.29 is 26.9 Å². The number of hydrogen-bond donors (Lipinski definition) is 0. The van der Waals surface area contributed by atoms with Crippen LogP contribution < -0.4 is 0 Å². The molecule has 0 saturated carbocycles. The molecular weight excluding hydrogens is 262 g/mol. The Morgan fingerprint density at radius 3 is 2.67 bits per heavy atom. The predicted octanol–water partition coefficient (Wildman–Crippen LogP) is -0.875. The second-order valence-electron chi connectivity index (χ2n) is 4.54. The van der Waals surface area contributed by atoms with Gasteiger partial charge in [0.05, 0.1) is 13.4 Å². The molecule has 0 radical (unpaired) electrons. The van der Waals surface area contributed by atoms with E-state index in [0.29, 0.717) is 12.8 Å². The second kappa shape index (κ2) is 4.51. The fourth-order valence-electron chi connectivity index (χ4n) is 2.68. The Balaban J connectivity index is 2.24. The normalized spacial score (nSPS) is 31.6. The van der Waals surface area contributed by atoms with Crippen molar-refractivity contribution in [3.05, 3.63) is 0 Å². The van der Waals surface area contributed by atoms with Crippen molar-refractivity contribution in [2.75, 3.05) is 19.9 Å². The molecular formula is C10H15NO6S. The van der Waals surface area contributed by atoms with Crippen LogP contribution in [0.2, 0.25) is 0 Å². The monoisotopic (exact) mass is 277 g/mol. The summed E-state index contributed by atoms with van der Waals surface area (Å²) in [6.07, 6.45) is 0.986. The molecule has 102 valence electrons. The van der Waals surface area contributed by atoms with Crippen LogP contribution in [-0.2, 0) is 28.6 Å². The van der Waals surface area contributed by atoms with E-state index < -0.39 is 28.1 Å². The predicted molar refractivity (Wildman–Crippen MR) is 60.0 cm³/mol. The maximum absolute atomic E-state index is 11.7. The molecule has 2 heterocycles. The minimum Gasteiger partial charge on any atom is -0.469 e. The van der Waals surface area contributed by atoms with Crippen LogP contribution in [0.3, 0.4) is 0 Å². The molecule has 2 aliphatic rings. The number of carbonyl (C=O) groups excluding carboxylic acids is 2. The van der Waals surface area contributed by atoms with E-state index in [1.165, 1.54) is 12.0 Å². The third-order valence-electron chi connectivity index (χ3n) is 3.34. The van der Waals surface area contributed by atoms with Crippen LogP contribution in [0.1, 0.15) is 12.8 Å². The largest absolute Gasteiger partial charge is 0.469 e. The maximum Gasteiger partial charge on any atom is 0.313 e. The first kappa shape index (κ1) is 13.3. The van der Waals surface area contributed by atoms with E-state index >= 15 is 0 Å². The number of carbonyl (C=O) groups is 2. The van der Waals surface area contributed by atoms with Gasteiger partial charge in [0.25, 0.3) is 10.1 Å². The van der Waals surface area contributed by atoms with Crippen LogP contribution in [-0.4, -0.2) is 57.3 Å². The number of amides is 1. The van der Waals surface area contributed by atoms with E-state index in [1.54, 1.807) is 0 Å². The van der Waals surface area contributed by atoms with Gasteiger partial charge in [-0.2, -0.15) is 8.42 Å². The Kier molecular flexibility index (Phi) is 3.33. The second-order valence-corrected chi connectivity index (χ2v) is 6.14. The fraction of sp³-hybridized carbons (Fsp3) is 0.800. The zero-order chi connectivity index (χ0) is 13.5. The van der Waals surface area contributed by atoms with Gasteiger partial charge in [-0.15, -0.1) is 0 Å². The van der Waals surface area contributed by atoms with E-state index in [0.717, 1.165) is 6.26 Å². The molecule has 18 heavy (non-hydrogen) atoms. The molecule has 0 aliphatic carbocycles. The summed E-state index contributed by atoms with van der Waals surface area (Å²) in [5.41, 5.74) is 0. The number of methoxy groups -OCH3 is 1. The highest BCUT2D eigenvalue weighted by atomic mass is 32.2. The number of rotatable bonds is 3. The van der Waals surface area contributed by atoms with Crippen molar-refractivity contribution in [2.24, 2.45) is 5.92 Å². The Labute approximate surface area is 105 Å². The van der Waals surface area contributed by atoms with Gasteiger partial charge in [0.1, 0.15) is 12.0 Å². The van der Waals surface area contributed by atoms with Crippen molar-refractivity contribution in [3.63, 3.8) is 0 Å². The van der Waals surface area contributed by atoms with Gasteiger partial charge in [-0.25, -0.2) is 0 Å². The molecule has 1 amide bonds. The van der Waals surface area contributed by atoms with Crippen LogP contribution in [0.15, 0.2) is 0 Å². The van der Waals surface area contributed by atoms with E-state index in [4.69, 9.17) is 4.18 Å². The minimum absolute atomic E-state index is 0.0755. The molecule has 2 aliphatic heterocycles. The Morgan fingerprint density at radius 2 is 2.11 bits per heavy atom. The van der Waals surface area contributed by atoms with Gasteiger partial charge >= 0.3 is 5.97 Å². The summed E-state index contributed by atoms with van der Waals surface area (Å²) in [7, 11) is -2.44. The summed E-state index contributed by atoms with van der Waals surface area (Å²) < 4.78 is 31.9. The van der Waals surface area contributed by atoms with E-state index in [2.05, 4.69) is 4.74 Å². The molecule has 0 aromatic carbocycles. The Hall–Kier alpha value is -1.15. The van der Waals surface area contributed by atoms with Crippen LogP contribution in [0.5, 0.6) is 0 Å². The molecule has 8 heteroatoms. The van der Waals surface area contributed by atoms with E-state index in [-0.39, 0.29) is 18.5 Å². The van der Waals surface area contributed by atoms with Gasteiger partial charge in [0.2, 0.25) is 5.91 Å². The van der Waals surface area contributed by atoms with Gasteiger partial charge < -0.3 is 9.64 Å². The average molecular weight is 277 g/mol. The topological polar surface area (TPSA) is 90.0 Å². The van der Waals surface area contributed by atoms with Crippen molar-refractivity contribution in [1.82, 2.24) is 4.90 Å². The average Bonchev–Trinajstić information content (AvgIpc) is 2.76. The highest BCUT2D eigenvalue weighted by Gasteiger charge is 2.52. The molecule has 7 nitrogen and oxygen atoms in total. The molecule has 2 fully saturated rings. The Morgan fingerprint density at radius 1 is 1.44 bits per heavy atom. The molecule has 0 aromatic heterocycles. The lowest BCUT2D eigenvalue weighted by Gasteiger charge is -2.19. The number of ether oxygens (including phenoxy) is 1. The SMILES string of the molecule is COC(=O)[C@@H]1[C@@H](OS(C)(=O)=O)CN2C(=O)CC[C@@H]12. The summed E-state index contributed by atoms with van der Waals surface area (Å²) in [4.78, 5) is 24.8. The van der Waals surface area contributed by atoms with Crippen LogP contribution in [0, 0.1) is 5.92 Å². The van der Waals surface area contributed by atoms with Crippen molar-refractivity contribution in [2.45, 2.75) is 25.0 Å². The standard InChI is InChI=1S/C10H15NO6S/c1-16-10(13)9-6-3-4-8(12)11(6)5-7(9)17-18(2,14)15/h6-7,9H,3-5H2,1-2H3/t6-,7-,9-/m0/s1. The van der Waals surface area contributed by atoms with E-state index in [1.807, 2.05) is 0 Å². The molecule has 3 atom stereocenters. The summed E-state index contributed by atoms with van der Waals surface area (Å²) in [5, 5.41) is 0. The van der Waals surface area contributed by atoms with Gasteiger partial charge in [0, 0.05) is 19.0 Å². The zero-order valence-electron chi connectivity index (χ0n) is 10.2.